The maximum absolute atomic E-state index is 12.6. The predicted molar refractivity (Wildman–Crippen MR) is 98.6 cm³/mol. The van der Waals surface area contributed by atoms with Crippen molar-refractivity contribution in [3.8, 4) is 0 Å². The standard InChI is InChI=1S/C16H27N3O3PS/c1-3-22-23(20)13-12-18(2)15-8-10-19(11-9-15)24(21)16-6-4-14(17)5-7-16/h4-7,15H,3,8-13,17H2,1-2H3/q+1. The zero-order valence-electron chi connectivity index (χ0n) is 14.4. The topological polar surface area (TPSA) is 75.9 Å². The van der Waals surface area contributed by atoms with Gasteiger partial charge in [0.2, 0.25) is 0 Å². The van der Waals surface area contributed by atoms with Gasteiger partial charge in [-0.25, -0.2) is 8.51 Å². The molecule has 8 heteroatoms. The van der Waals surface area contributed by atoms with Gasteiger partial charge in [0.1, 0.15) is 11.0 Å². The minimum Gasteiger partial charge on any atom is -0.399 e. The molecule has 1 heterocycles. The molecule has 0 aliphatic carbocycles. The Morgan fingerprint density at radius 1 is 1.33 bits per heavy atom. The molecule has 0 aromatic heterocycles. The van der Waals surface area contributed by atoms with Crippen molar-refractivity contribution in [2.45, 2.75) is 30.7 Å². The van der Waals surface area contributed by atoms with Gasteiger partial charge in [0.05, 0.1) is 11.5 Å². The van der Waals surface area contributed by atoms with Gasteiger partial charge in [-0.05, 0) is 55.6 Å². The van der Waals surface area contributed by atoms with Crippen molar-refractivity contribution in [3.63, 3.8) is 0 Å². The molecule has 1 aromatic rings. The first-order chi connectivity index (χ1) is 11.5. The van der Waals surface area contributed by atoms with Crippen LogP contribution in [0.1, 0.15) is 19.8 Å². The summed E-state index contributed by atoms with van der Waals surface area (Å²) < 4.78 is 31.3. The van der Waals surface area contributed by atoms with Crippen molar-refractivity contribution >= 4 is 24.7 Å². The van der Waals surface area contributed by atoms with Crippen molar-refractivity contribution < 1.29 is 13.3 Å². The number of benzene rings is 1. The highest BCUT2D eigenvalue weighted by Crippen LogP contribution is 2.24. The monoisotopic (exact) mass is 372 g/mol. The third-order valence-corrected chi connectivity index (χ3v) is 6.89. The lowest BCUT2D eigenvalue weighted by Crippen LogP contribution is -2.44. The van der Waals surface area contributed by atoms with Gasteiger partial charge >= 0.3 is 8.03 Å². The average molecular weight is 372 g/mol. The minimum absolute atomic E-state index is 0.440. The summed E-state index contributed by atoms with van der Waals surface area (Å²) in [4.78, 5) is 3.04. The summed E-state index contributed by atoms with van der Waals surface area (Å²) in [6.45, 7) is 4.70. The third kappa shape index (κ3) is 5.60. The average Bonchev–Trinajstić information content (AvgIpc) is 2.60. The first-order valence-corrected chi connectivity index (χ1v) is 10.8. The fourth-order valence-electron chi connectivity index (χ4n) is 2.81. The lowest BCUT2D eigenvalue weighted by Gasteiger charge is -2.35. The largest absolute Gasteiger partial charge is 0.509 e. The molecule has 0 bridgehead atoms. The lowest BCUT2D eigenvalue weighted by atomic mass is 10.1. The highest BCUT2D eigenvalue weighted by atomic mass is 32.2. The summed E-state index contributed by atoms with van der Waals surface area (Å²) in [7, 11) is -0.613. The van der Waals surface area contributed by atoms with E-state index in [1.807, 2.05) is 23.4 Å². The van der Waals surface area contributed by atoms with Crippen molar-refractivity contribution in [1.29, 1.82) is 0 Å². The fraction of sp³-hybridized carbons (Fsp3) is 0.625. The summed E-state index contributed by atoms with van der Waals surface area (Å²) in [5.74, 6) is 0. The molecule has 2 rings (SSSR count). The van der Waals surface area contributed by atoms with Crippen molar-refractivity contribution in [1.82, 2.24) is 9.21 Å². The molecule has 0 saturated carbocycles. The number of piperidine rings is 1. The van der Waals surface area contributed by atoms with Crippen LogP contribution in [-0.2, 0) is 20.1 Å². The second kappa shape index (κ2) is 9.59. The van der Waals surface area contributed by atoms with Crippen molar-refractivity contribution in [2.24, 2.45) is 0 Å². The van der Waals surface area contributed by atoms with Crippen LogP contribution in [0.25, 0.3) is 0 Å². The van der Waals surface area contributed by atoms with Crippen LogP contribution >= 0.6 is 8.03 Å². The minimum atomic E-state index is -1.55. The van der Waals surface area contributed by atoms with Gasteiger partial charge in [-0.2, -0.15) is 0 Å². The van der Waals surface area contributed by atoms with Gasteiger partial charge in [-0.15, -0.1) is 4.52 Å². The molecule has 134 valence electrons. The molecule has 2 atom stereocenters. The zero-order chi connectivity index (χ0) is 17.5. The van der Waals surface area contributed by atoms with Gasteiger partial charge in [-0.1, -0.05) is 0 Å². The van der Waals surface area contributed by atoms with Gasteiger partial charge in [0.25, 0.3) is 0 Å². The van der Waals surface area contributed by atoms with Crippen LogP contribution in [0.5, 0.6) is 0 Å². The van der Waals surface area contributed by atoms with Crippen molar-refractivity contribution in [2.75, 3.05) is 45.2 Å². The molecule has 1 saturated heterocycles. The van der Waals surface area contributed by atoms with Crippen LogP contribution in [0.2, 0.25) is 0 Å². The molecule has 1 aromatic carbocycles. The number of nitrogens with zero attached hydrogens (tertiary/aromatic N) is 2. The molecule has 0 amide bonds. The summed E-state index contributed by atoms with van der Waals surface area (Å²) in [5.41, 5.74) is 6.36. The van der Waals surface area contributed by atoms with E-state index in [0.29, 0.717) is 24.5 Å². The SMILES string of the molecule is CCO[P+](=O)CCN(C)C1CCN(S(=O)c2ccc(N)cc2)CC1. The summed E-state index contributed by atoms with van der Waals surface area (Å²) >= 11 is 0. The van der Waals surface area contributed by atoms with Crippen LogP contribution in [0.3, 0.4) is 0 Å². The van der Waals surface area contributed by atoms with E-state index in [-0.39, 0.29) is 0 Å². The van der Waals surface area contributed by atoms with E-state index in [1.165, 1.54) is 0 Å². The van der Waals surface area contributed by atoms with E-state index >= 15 is 0 Å². The molecule has 24 heavy (non-hydrogen) atoms. The second-order valence-corrected chi connectivity index (χ2v) is 8.79. The Bertz CT molecular complexity index is 562. The molecule has 0 radical (unpaired) electrons. The van der Waals surface area contributed by atoms with Gasteiger partial charge in [-0.3, -0.25) is 4.90 Å². The Morgan fingerprint density at radius 3 is 2.54 bits per heavy atom. The first kappa shape index (κ1) is 19.5. The summed E-state index contributed by atoms with van der Waals surface area (Å²) in [5, 5.41) is 0. The quantitative estimate of drug-likeness (QED) is 0.560. The van der Waals surface area contributed by atoms with Crippen LogP contribution in [0, 0.1) is 0 Å². The Labute approximate surface area is 147 Å². The van der Waals surface area contributed by atoms with Gasteiger partial charge < -0.3 is 5.73 Å². The van der Waals surface area contributed by atoms with Gasteiger partial charge in [0.15, 0.2) is 6.16 Å². The molecular formula is C16H27N3O3PS+. The highest BCUT2D eigenvalue weighted by molar-refractivity contribution is 7.82. The van der Waals surface area contributed by atoms with E-state index in [4.69, 9.17) is 10.3 Å². The number of anilines is 1. The highest BCUT2D eigenvalue weighted by Gasteiger charge is 2.27. The maximum Gasteiger partial charge on any atom is 0.509 e. The Hall–Kier alpha value is -0.850. The predicted octanol–water partition coefficient (Wildman–Crippen LogP) is 2.47. The molecule has 6 nitrogen and oxygen atoms in total. The number of nitrogens with two attached hydrogens (primary N) is 1. The Kier molecular flexibility index (Phi) is 7.78. The van der Waals surface area contributed by atoms with Crippen LogP contribution in [0.4, 0.5) is 5.69 Å². The normalized spacial score (nSPS) is 18.7. The molecule has 0 spiro atoms. The maximum atomic E-state index is 12.6. The first-order valence-electron chi connectivity index (χ1n) is 8.31. The number of nitrogen functional groups attached to an aromatic ring is 1. The Balaban J connectivity index is 1.79. The summed E-state index contributed by atoms with van der Waals surface area (Å²) in [6.07, 6.45) is 2.49. The molecule has 1 aliphatic rings. The smallest absolute Gasteiger partial charge is 0.399 e. The van der Waals surface area contributed by atoms with E-state index in [0.717, 1.165) is 37.4 Å². The van der Waals surface area contributed by atoms with Crippen LogP contribution < -0.4 is 5.73 Å². The zero-order valence-corrected chi connectivity index (χ0v) is 16.1. The van der Waals surface area contributed by atoms with E-state index in [1.54, 1.807) is 12.1 Å². The van der Waals surface area contributed by atoms with E-state index in [9.17, 15) is 8.77 Å². The third-order valence-electron chi connectivity index (χ3n) is 4.27. The molecular weight excluding hydrogens is 345 g/mol. The molecule has 2 N–H and O–H groups in total. The second-order valence-electron chi connectivity index (χ2n) is 5.93. The van der Waals surface area contributed by atoms with Crippen molar-refractivity contribution in [3.05, 3.63) is 24.3 Å². The molecule has 1 aliphatic heterocycles. The van der Waals surface area contributed by atoms with Crippen LogP contribution in [0.15, 0.2) is 29.2 Å². The Morgan fingerprint density at radius 2 is 1.96 bits per heavy atom. The number of rotatable bonds is 8. The van der Waals surface area contributed by atoms with E-state index in [2.05, 4.69) is 11.9 Å². The summed E-state index contributed by atoms with van der Waals surface area (Å²) in [6, 6.07) is 7.66. The fourth-order valence-corrected chi connectivity index (χ4v) is 4.92. The van der Waals surface area contributed by atoms with E-state index < -0.39 is 19.0 Å². The van der Waals surface area contributed by atoms with Gasteiger partial charge in [0, 0.05) is 31.4 Å². The van der Waals surface area contributed by atoms with Crippen LogP contribution in [-0.4, -0.2) is 58.9 Å². The molecule has 1 fully saturated rings. The number of hydrogen-bond donors (Lipinski definition) is 1. The molecule has 2 unspecified atom stereocenters. The number of hydrogen-bond acceptors (Lipinski definition) is 5. The lowest BCUT2D eigenvalue weighted by molar-refractivity contribution is 0.177.